The number of hydrogen-bond donors (Lipinski definition) is 1. The Morgan fingerprint density at radius 3 is 2.42 bits per heavy atom. The molecule has 0 fully saturated rings. The predicted molar refractivity (Wildman–Crippen MR) is 68.4 cm³/mol. The van der Waals surface area contributed by atoms with Gasteiger partial charge < -0.3 is 5.73 Å². The zero-order valence-corrected chi connectivity index (χ0v) is 10.6. The fraction of sp³-hybridized carbons (Fsp3) is 0.143. The summed E-state index contributed by atoms with van der Waals surface area (Å²) >= 11 is 5.93. The summed E-state index contributed by atoms with van der Waals surface area (Å²) < 4.78 is 39.0. The molecule has 0 aliphatic heterocycles. The van der Waals surface area contributed by atoms with Crippen molar-refractivity contribution >= 4 is 11.6 Å². The van der Waals surface area contributed by atoms with Gasteiger partial charge in [-0.25, -0.2) is 13.2 Å². The molecule has 1 unspecified atom stereocenters. The molecule has 2 rings (SSSR count). The van der Waals surface area contributed by atoms with Gasteiger partial charge in [-0.1, -0.05) is 17.7 Å². The summed E-state index contributed by atoms with van der Waals surface area (Å²) in [6.07, 6.45) is 0.238. The van der Waals surface area contributed by atoms with Gasteiger partial charge in [-0.05, 0) is 47.9 Å². The Bertz CT molecular complexity index is 601. The topological polar surface area (TPSA) is 26.0 Å². The van der Waals surface area contributed by atoms with Crippen molar-refractivity contribution in [2.45, 2.75) is 12.5 Å². The van der Waals surface area contributed by atoms with Crippen molar-refractivity contribution in [1.82, 2.24) is 0 Å². The van der Waals surface area contributed by atoms with E-state index in [4.69, 9.17) is 17.3 Å². The van der Waals surface area contributed by atoms with E-state index in [9.17, 15) is 13.2 Å². The van der Waals surface area contributed by atoms with Crippen LogP contribution in [0.15, 0.2) is 36.4 Å². The van der Waals surface area contributed by atoms with Crippen molar-refractivity contribution in [1.29, 1.82) is 0 Å². The molecule has 0 bridgehead atoms. The van der Waals surface area contributed by atoms with Gasteiger partial charge in [-0.2, -0.15) is 0 Å². The first-order valence-electron chi connectivity index (χ1n) is 5.62. The molecule has 100 valence electrons. The number of rotatable bonds is 3. The summed E-state index contributed by atoms with van der Waals surface area (Å²) in [5, 5.41) is 0.388. The van der Waals surface area contributed by atoms with E-state index in [0.29, 0.717) is 16.1 Å². The largest absolute Gasteiger partial charge is 0.324 e. The lowest BCUT2D eigenvalue weighted by atomic mass is 9.99. The van der Waals surface area contributed by atoms with E-state index in [-0.39, 0.29) is 6.42 Å². The monoisotopic (exact) mass is 285 g/mol. The summed E-state index contributed by atoms with van der Waals surface area (Å²) in [7, 11) is 0. The molecular weight excluding hydrogens is 275 g/mol. The highest BCUT2D eigenvalue weighted by atomic mass is 35.5. The molecule has 5 heteroatoms. The Morgan fingerprint density at radius 2 is 1.74 bits per heavy atom. The lowest BCUT2D eigenvalue weighted by Gasteiger charge is -2.13. The smallest absolute Gasteiger partial charge is 0.159 e. The first-order chi connectivity index (χ1) is 8.97. The van der Waals surface area contributed by atoms with Gasteiger partial charge in [0.05, 0.1) is 0 Å². The van der Waals surface area contributed by atoms with Crippen molar-refractivity contribution in [2.24, 2.45) is 5.73 Å². The maximum Gasteiger partial charge on any atom is 0.159 e. The minimum atomic E-state index is -0.960. The van der Waals surface area contributed by atoms with Crippen molar-refractivity contribution in [3.05, 3.63) is 70.0 Å². The zero-order chi connectivity index (χ0) is 14.0. The quantitative estimate of drug-likeness (QED) is 0.906. The van der Waals surface area contributed by atoms with Crippen LogP contribution in [0.25, 0.3) is 0 Å². The van der Waals surface area contributed by atoms with Gasteiger partial charge in [0.2, 0.25) is 0 Å². The molecule has 0 saturated heterocycles. The van der Waals surface area contributed by atoms with E-state index in [1.807, 2.05) is 0 Å². The molecule has 2 N–H and O–H groups in total. The highest BCUT2D eigenvalue weighted by Gasteiger charge is 2.12. The molecule has 0 aliphatic carbocycles. The molecule has 1 nitrogen and oxygen atoms in total. The summed E-state index contributed by atoms with van der Waals surface area (Å²) in [6.45, 7) is 0. The second-order valence-electron chi connectivity index (χ2n) is 4.22. The van der Waals surface area contributed by atoms with E-state index in [1.165, 1.54) is 24.3 Å². The van der Waals surface area contributed by atoms with Crippen LogP contribution >= 0.6 is 11.6 Å². The normalized spacial score (nSPS) is 12.5. The Labute approximate surface area is 113 Å². The molecule has 0 aliphatic rings. The van der Waals surface area contributed by atoms with Gasteiger partial charge in [0.25, 0.3) is 0 Å². The van der Waals surface area contributed by atoms with Gasteiger partial charge in [-0.15, -0.1) is 0 Å². The van der Waals surface area contributed by atoms with Crippen LogP contribution in [0, 0.1) is 17.5 Å². The van der Waals surface area contributed by atoms with E-state index >= 15 is 0 Å². The minimum absolute atomic E-state index is 0.238. The Morgan fingerprint density at radius 1 is 1.00 bits per heavy atom. The van der Waals surface area contributed by atoms with Crippen molar-refractivity contribution in [3.63, 3.8) is 0 Å². The molecule has 19 heavy (non-hydrogen) atoms. The van der Waals surface area contributed by atoms with Gasteiger partial charge in [0.15, 0.2) is 11.6 Å². The van der Waals surface area contributed by atoms with Crippen molar-refractivity contribution in [2.75, 3.05) is 0 Å². The fourth-order valence-electron chi connectivity index (χ4n) is 1.80. The standard InChI is InChI=1S/C14H11ClF3N/c15-11-3-2-10(16)5-9(11)7-14(19)8-1-4-12(17)13(18)6-8/h1-6,14H,7,19H2. The number of benzene rings is 2. The van der Waals surface area contributed by atoms with E-state index in [0.717, 1.165) is 12.1 Å². The lowest BCUT2D eigenvalue weighted by molar-refractivity contribution is 0.505. The Balaban J connectivity index is 2.22. The van der Waals surface area contributed by atoms with Gasteiger partial charge >= 0.3 is 0 Å². The molecule has 2 aromatic carbocycles. The van der Waals surface area contributed by atoms with Gasteiger partial charge in [0, 0.05) is 11.1 Å². The second-order valence-corrected chi connectivity index (χ2v) is 4.63. The molecule has 0 heterocycles. The molecule has 1 atom stereocenters. The number of halogens is 4. The Kier molecular flexibility index (Phi) is 4.12. The molecular formula is C14H11ClF3N. The SMILES string of the molecule is NC(Cc1cc(F)ccc1Cl)c1ccc(F)c(F)c1. The third kappa shape index (κ3) is 3.28. The molecule has 0 radical (unpaired) electrons. The first kappa shape index (κ1) is 13.9. The molecule has 0 amide bonds. The average molecular weight is 286 g/mol. The summed E-state index contributed by atoms with van der Waals surface area (Å²) in [6, 6.07) is 6.82. The van der Waals surface area contributed by atoms with Crippen molar-refractivity contribution < 1.29 is 13.2 Å². The van der Waals surface area contributed by atoms with E-state index < -0.39 is 23.5 Å². The highest BCUT2D eigenvalue weighted by molar-refractivity contribution is 6.31. The van der Waals surface area contributed by atoms with Gasteiger partial charge in [-0.3, -0.25) is 0 Å². The Hall–Kier alpha value is -1.52. The number of nitrogens with two attached hydrogens (primary N) is 1. The summed E-state index contributed by atoms with van der Waals surface area (Å²) in [5.74, 6) is -2.31. The minimum Gasteiger partial charge on any atom is -0.324 e. The maximum absolute atomic E-state index is 13.1. The predicted octanol–water partition coefficient (Wildman–Crippen LogP) is 4.00. The third-order valence-electron chi connectivity index (χ3n) is 2.82. The first-order valence-corrected chi connectivity index (χ1v) is 5.99. The molecule has 2 aromatic rings. The lowest BCUT2D eigenvalue weighted by Crippen LogP contribution is -2.14. The maximum atomic E-state index is 13.1. The van der Waals surface area contributed by atoms with Crippen LogP contribution in [-0.4, -0.2) is 0 Å². The summed E-state index contributed by atoms with van der Waals surface area (Å²) in [4.78, 5) is 0. The molecule has 0 saturated carbocycles. The third-order valence-corrected chi connectivity index (χ3v) is 3.19. The summed E-state index contributed by atoms with van der Waals surface area (Å²) in [5.41, 5.74) is 6.85. The average Bonchev–Trinajstić information content (AvgIpc) is 2.37. The molecule has 0 spiro atoms. The van der Waals surface area contributed by atoms with Crippen LogP contribution in [0.5, 0.6) is 0 Å². The fourth-order valence-corrected chi connectivity index (χ4v) is 1.99. The highest BCUT2D eigenvalue weighted by Crippen LogP contribution is 2.24. The van der Waals surface area contributed by atoms with Crippen LogP contribution < -0.4 is 5.73 Å². The van der Waals surface area contributed by atoms with Crippen molar-refractivity contribution in [3.8, 4) is 0 Å². The number of hydrogen-bond acceptors (Lipinski definition) is 1. The van der Waals surface area contributed by atoms with Crippen LogP contribution in [0.2, 0.25) is 5.02 Å². The van der Waals surface area contributed by atoms with Crippen LogP contribution in [0.1, 0.15) is 17.2 Å². The van der Waals surface area contributed by atoms with Gasteiger partial charge in [0.1, 0.15) is 5.82 Å². The van der Waals surface area contributed by atoms with Crippen LogP contribution in [-0.2, 0) is 6.42 Å². The van der Waals surface area contributed by atoms with E-state index in [2.05, 4.69) is 0 Å². The van der Waals surface area contributed by atoms with E-state index in [1.54, 1.807) is 0 Å². The molecule has 0 aromatic heterocycles. The van der Waals surface area contributed by atoms with Crippen LogP contribution in [0.3, 0.4) is 0 Å². The zero-order valence-electron chi connectivity index (χ0n) is 9.84. The second kappa shape index (κ2) is 5.63. The van der Waals surface area contributed by atoms with Crippen LogP contribution in [0.4, 0.5) is 13.2 Å².